The SMILES string of the molecule is Cc1nnc(SCC(=O)N(CCC#N)c2ccc(F)cc2)s1. The van der Waals surface area contributed by atoms with Crippen LogP contribution in [0.25, 0.3) is 0 Å². The predicted molar refractivity (Wildman–Crippen MR) is 84.4 cm³/mol. The third-order valence-corrected chi connectivity index (χ3v) is 4.67. The number of thioether (sulfide) groups is 1. The molecule has 1 heterocycles. The number of aromatic nitrogens is 2. The zero-order chi connectivity index (χ0) is 15.9. The van der Waals surface area contributed by atoms with Gasteiger partial charge in [-0.05, 0) is 31.2 Å². The van der Waals surface area contributed by atoms with E-state index in [1.165, 1.54) is 52.3 Å². The lowest BCUT2D eigenvalue weighted by molar-refractivity contribution is -0.116. The third kappa shape index (κ3) is 4.51. The van der Waals surface area contributed by atoms with Gasteiger partial charge in [0.05, 0.1) is 18.2 Å². The number of carbonyl (C=O) groups excluding carboxylic acids is 1. The molecule has 0 aliphatic heterocycles. The minimum atomic E-state index is -0.366. The molecular weight excluding hydrogens is 323 g/mol. The molecule has 0 spiro atoms. The summed E-state index contributed by atoms with van der Waals surface area (Å²) in [6, 6.07) is 7.67. The van der Waals surface area contributed by atoms with Crippen LogP contribution in [-0.2, 0) is 4.79 Å². The molecule has 1 amide bonds. The van der Waals surface area contributed by atoms with E-state index >= 15 is 0 Å². The van der Waals surface area contributed by atoms with E-state index < -0.39 is 0 Å². The molecule has 5 nitrogen and oxygen atoms in total. The largest absolute Gasteiger partial charge is 0.311 e. The minimum Gasteiger partial charge on any atom is -0.311 e. The van der Waals surface area contributed by atoms with Gasteiger partial charge in [0.25, 0.3) is 0 Å². The van der Waals surface area contributed by atoms with E-state index in [9.17, 15) is 9.18 Å². The summed E-state index contributed by atoms with van der Waals surface area (Å²) in [5.74, 6) is -0.327. The second-order valence-corrected chi connectivity index (χ2v) is 6.71. The van der Waals surface area contributed by atoms with Gasteiger partial charge in [-0.15, -0.1) is 10.2 Å². The average Bonchev–Trinajstić information content (AvgIpc) is 2.93. The Labute approximate surface area is 135 Å². The molecule has 0 aliphatic carbocycles. The van der Waals surface area contributed by atoms with E-state index in [1.807, 2.05) is 13.0 Å². The number of benzene rings is 1. The van der Waals surface area contributed by atoms with Gasteiger partial charge in [-0.2, -0.15) is 5.26 Å². The van der Waals surface area contributed by atoms with Gasteiger partial charge in [0.1, 0.15) is 10.8 Å². The number of nitriles is 1. The molecule has 2 aromatic rings. The summed E-state index contributed by atoms with van der Waals surface area (Å²) < 4.78 is 13.7. The van der Waals surface area contributed by atoms with Gasteiger partial charge < -0.3 is 4.90 Å². The van der Waals surface area contributed by atoms with Gasteiger partial charge in [0.15, 0.2) is 4.34 Å². The van der Waals surface area contributed by atoms with E-state index in [-0.39, 0.29) is 30.4 Å². The van der Waals surface area contributed by atoms with E-state index in [1.54, 1.807) is 0 Å². The van der Waals surface area contributed by atoms with Gasteiger partial charge in [0.2, 0.25) is 5.91 Å². The molecule has 0 unspecified atom stereocenters. The Hall–Kier alpha value is -1.98. The molecule has 1 aromatic carbocycles. The number of halogens is 1. The molecule has 0 bridgehead atoms. The van der Waals surface area contributed by atoms with E-state index in [2.05, 4.69) is 10.2 Å². The fraction of sp³-hybridized carbons (Fsp3) is 0.286. The quantitative estimate of drug-likeness (QED) is 0.758. The first kappa shape index (κ1) is 16.4. The number of hydrogen-bond donors (Lipinski definition) is 0. The summed E-state index contributed by atoms with van der Waals surface area (Å²) in [7, 11) is 0. The molecule has 0 radical (unpaired) electrons. The van der Waals surface area contributed by atoms with Crippen molar-refractivity contribution in [3.63, 3.8) is 0 Å². The maximum absolute atomic E-state index is 13.0. The first-order chi connectivity index (χ1) is 10.6. The average molecular weight is 336 g/mol. The molecule has 2 rings (SSSR count). The molecule has 0 fully saturated rings. The second-order valence-electron chi connectivity index (χ2n) is 4.31. The van der Waals surface area contributed by atoms with Crippen LogP contribution in [0.1, 0.15) is 11.4 Å². The van der Waals surface area contributed by atoms with Crippen LogP contribution >= 0.6 is 23.1 Å². The molecule has 22 heavy (non-hydrogen) atoms. The number of rotatable bonds is 6. The molecule has 0 saturated carbocycles. The highest BCUT2D eigenvalue weighted by Crippen LogP contribution is 2.23. The smallest absolute Gasteiger partial charge is 0.237 e. The Balaban J connectivity index is 2.05. The standard InChI is InChI=1S/C14H13FN4OS2/c1-10-17-18-14(22-10)21-9-13(20)19(8-2-7-16)12-5-3-11(15)4-6-12/h3-6H,2,8-9H2,1H3. The minimum absolute atomic E-state index is 0.153. The maximum Gasteiger partial charge on any atom is 0.237 e. The van der Waals surface area contributed by atoms with Crippen LogP contribution in [-0.4, -0.2) is 28.4 Å². The van der Waals surface area contributed by atoms with Gasteiger partial charge in [-0.25, -0.2) is 4.39 Å². The lowest BCUT2D eigenvalue weighted by Crippen LogP contribution is -2.33. The lowest BCUT2D eigenvalue weighted by Gasteiger charge is -2.21. The molecule has 0 atom stereocenters. The van der Waals surface area contributed by atoms with Crippen molar-refractivity contribution in [1.82, 2.24) is 10.2 Å². The Morgan fingerprint density at radius 2 is 2.14 bits per heavy atom. The third-order valence-electron chi connectivity index (χ3n) is 2.71. The van der Waals surface area contributed by atoms with Crippen molar-refractivity contribution in [3.8, 4) is 6.07 Å². The number of hydrogen-bond acceptors (Lipinski definition) is 6. The van der Waals surface area contributed by atoms with Crippen LogP contribution in [0, 0.1) is 24.1 Å². The fourth-order valence-electron chi connectivity index (χ4n) is 1.72. The Kier molecular flexibility index (Phi) is 5.86. The van der Waals surface area contributed by atoms with Crippen LogP contribution in [0.15, 0.2) is 28.6 Å². The first-order valence-electron chi connectivity index (χ1n) is 6.46. The second kappa shape index (κ2) is 7.87. The summed E-state index contributed by atoms with van der Waals surface area (Å²) in [5, 5.41) is 17.4. The monoisotopic (exact) mass is 336 g/mol. The van der Waals surface area contributed by atoms with Gasteiger partial charge >= 0.3 is 0 Å². The molecule has 0 N–H and O–H groups in total. The van der Waals surface area contributed by atoms with Crippen molar-refractivity contribution in [2.24, 2.45) is 0 Å². The molecule has 1 aromatic heterocycles. The Bertz CT molecular complexity index is 681. The zero-order valence-corrected chi connectivity index (χ0v) is 13.5. The summed E-state index contributed by atoms with van der Waals surface area (Å²) >= 11 is 2.73. The Morgan fingerprint density at radius 1 is 1.41 bits per heavy atom. The number of carbonyl (C=O) groups is 1. The number of aryl methyl sites for hydroxylation is 1. The topological polar surface area (TPSA) is 69.9 Å². The Morgan fingerprint density at radius 3 is 2.73 bits per heavy atom. The lowest BCUT2D eigenvalue weighted by atomic mass is 10.2. The number of amides is 1. The van der Waals surface area contributed by atoms with Crippen molar-refractivity contribution in [2.45, 2.75) is 17.7 Å². The van der Waals surface area contributed by atoms with Gasteiger partial charge in [-0.1, -0.05) is 23.1 Å². The number of anilines is 1. The van der Waals surface area contributed by atoms with Crippen molar-refractivity contribution < 1.29 is 9.18 Å². The van der Waals surface area contributed by atoms with Gasteiger partial charge in [-0.3, -0.25) is 4.79 Å². The van der Waals surface area contributed by atoms with Gasteiger partial charge in [0, 0.05) is 12.2 Å². The summed E-state index contributed by atoms with van der Waals surface area (Å²) in [5.41, 5.74) is 0.579. The fourth-order valence-corrected chi connectivity index (χ4v) is 3.41. The highest BCUT2D eigenvalue weighted by Gasteiger charge is 2.16. The summed E-state index contributed by atoms with van der Waals surface area (Å²) in [6.07, 6.45) is 0.214. The van der Waals surface area contributed by atoms with E-state index in [4.69, 9.17) is 5.26 Å². The molecule has 114 valence electrons. The zero-order valence-electron chi connectivity index (χ0n) is 11.8. The van der Waals surface area contributed by atoms with Crippen molar-refractivity contribution in [1.29, 1.82) is 5.26 Å². The van der Waals surface area contributed by atoms with Crippen LogP contribution < -0.4 is 4.90 Å². The number of nitrogens with zero attached hydrogens (tertiary/aromatic N) is 4. The van der Waals surface area contributed by atoms with Crippen molar-refractivity contribution >= 4 is 34.7 Å². The molecular formula is C14H13FN4OS2. The van der Waals surface area contributed by atoms with Crippen molar-refractivity contribution in [3.05, 3.63) is 35.1 Å². The van der Waals surface area contributed by atoms with Crippen molar-refractivity contribution in [2.75, 3.05) is 17.2 Å². The predicted octanol–water partition coefficient (Wildman–Crippen LogP) is 3.02. The molecule has 8 heteroatoms. The van der Waals surface area contributed by atoms with Crippen LogP contribution in [0.5, 0.6) is 0 Å². The van der Waals surface area contributed by atoms with Crippen LogP contribution in [0.4, 0.5) is 10.1 Å². The van der Waals surface area contributed by atoms with E-state index in [0.29, 0.717) is 5.69 Å². The highest BCUT2D eigenvalue weighted by molar-refractivity contribution is 8.01. The van der Waals surface area contributed by atoms with E-state index in [0.717, 1.165) is 9.35 Å². The first-order valence-corrected chi connectivity index (χ1v) is 8.26. The van der Waals surface area contributed by atoms with Crippen LogP contribution in [0.3, 0.4) is 0 Å². The van der Waals surface area contributed by atoms with Crippen LogP contribution in [0.2, 0.25) is 0 Å². The highest BCUT2D eigenvalue weighted by atomic mass is 32.2. The normalized spacial score (nSPS) is 10.2. The summed E-state index contributed by atoms with van der Waals surface area (Å²) in [4.78, 5) is 13.9. The maximum atomic E-state index is 13.0. The summed E-state index contributed by atoms with van der Waals surface area (Å²) in [6.45, 7) is 2.12. The molecule has 0 saturated heterocycles. The molecule has 0 aliphatic rings.